The molecule has 0 nitrogen and oxygen atoms in total. The van der Waals surface area contributed by atoms with Gasteiger partial charge in [-0.25, -0.2) is 0 Å². The van der Waals surface area contributed by atoms with E-state index < -0.39 is 36.8 Å². The monoisotopic (exact) mass is 910 g/mol. The number of benzene rings is 1. The molecule has 1 aromatic carbocycles. The summed E-state index contributed by atoms with van der Waals surface area (Å²) in [6.07, 6.45) is 18.9. The Labute approximate surface area is 305 Å². The van der Waals surface area contributed by atoms with Crippen molar-refractivity contribution in [3.63, 3.8) is 0 Å². The first-order valence-electron chi connectivity index (χ1n) is 18.8. The average Bonchev–Trinajstić information content (AvgIpc) is 3.75. The number of unbranched alkanes of at least 4 members (excludes halogenated alkanes) is 4. The molecule has 0 radical (unpaired) electrons. The molecule has 0 atom stereocenters. The van der Waals surface area contributed by atoms with E-state index in [1.54, 1.807) is 55.9 Å². The van der Waals surface area contributed by atoms with Crippen LogP contribution in [-0.4, -0.2) is 36.8 Å². The van der Waals surface area contributed by atoms with Gasteiger partial charge in [0.25, 0.3) is 0 Å². The minimum absolute atomic E-state index is 0.802. The van der Waals surface area contributed by atoms with Gasteiger partial charge in [0.1, 0.15) is 0 Å². The molecule has 0 N–H and O–H groups in total. The van der Waals surface area contributed by atoms with E-state index in [9.17, 15) is 0 Å². The molecule has 4 aromatic heterocycles. The van der Waals surface area contributed by atoms with Gasteiger partial charge in [-0.15, -0.1) is 0 Å². The maximum atomic E-state index is 2.67. The Kier molecular flexibility index (Phi) is 13.5. The van der Waals surface area contributed by atoms with Crippen molar-refractivity contribution >= 4 is 127 Å². The van der Waals surface area contributed by atoms with Crippen LogP contribution in [0.3, 0.4) is 0 Å². The number of thiophene rings is 4. The fourth-order valence-corrected chi connectivity index (χ4v) is 23.8. The van der Waals surface area contributed by atoms with Crippen LogP contribution in [0.5, 0.6) is 0 Å². The van der Waals surface area contributed by atoms with Crippen LogP contribution >= 0.6 is 45.3 Å². The van der Waals surface area contributed by atoms with Crippen molar-refractivity contribution in [3.8, 4) is 0 Å². The molecule has 4 heterocycles. The summed E-state index contributed by atoms with van der Waals surface area (Å²) in [4.78, 5) is 15.7. The van der Waals surface area contributed by atoms with Gasteiger partial charge >= 0.3 is 309 Å². The van der Waals surface area contributed by atoms with Crippen LogP contribution in [-0.2, 0) is 12.8 Å². The van der Waals surface area contributed by atoms with Crippen molar-refractivity contribution < 1.29 is 0 Å². The normalized spacial score (nSPS) is 13.3. The predicted molar refractivity (Wildman–Crippen MR) is 226 cm³/mol. The maximum absolute atomic E-state index is 2.67. The molecule has 0 spiro atoms. The second kappa shape index (κ2) is 16.3. The van der Waals surface area contributed by atoms with Crippen LogP contribution in [0.4, 0.5) is 0 Å². The third-order valence-electron chi connectivity index (χ3n) is 10.2. The Morgan fingerprint density at radius 3 is 1.09 bits per heavy atom. The first kappa shape index (κ1) is 37.9. The van der Waals surface area contributed by atoms with E-state index >= 15 is 0 Å². The molecule has 46 heavy (non-hydrogen) atoms. The molecule has 5 rings (SSSR count). The molecule has 5 aromatic rings. The Morgan fingerprint density at radius 2 is 0.804 bits per heavy atom. The van der Waals surface area contributed by atoms with E-state index in [-0.39, 0.29) is 0 Å². The molecule has 0 amide bonds. The van der Waals surface area contributed by atoms with Gasteiger partial charge < -0.3 is 0 Å². The second-order valence-electron chi connectivity index (χ2n) is 16.4. The van der Waals surface area contributed by atoms with Crippen LogP contribution in [0.15, 0.2) is 12.1 Å². The van der Waals surface area contributed by atoms with E-state index in [4.69, 9.17) is 0 Å². The molecule has 6 heteroatoms. The third-order valence-corrected chi connectivity index (χ3v) is 34.0. The fourth-order valence-electron chi connectivity index (χ4n) is 7.35. The summed E-state index contributed by atoms with van der Waals surface area (Å²) < 4.78 is 13.4. The van der Waals surface area contributed by atoms with Gasteiger partial charge in [-0.3, -0.25) is 0 Å². The summed E-state index contributed by atoms with van der Waals surface area (Å²) in [6, 6.07) is 5.35. The van der Waals surface area contributed by atoms with Gasteiger partial charge in [0.15, 0.2) is 0 Å². The van der Waals surface area contributed by atoms with Gasteiger partial charge in [0.2, 0.25) is 0 Å². The van der Waals surface area contributed by atoms with Crippen molar-refractivity contribution in [3.05, 3.63) is 23.3 Å². The minimum atomic E-state index is -2.19. The summed E-state index contributed by atoms with van der Waals surface area (Å²) in [7, 11) is 0. The van der Waals surface area contributed by atoms with E-state index in [0.717, 1.165) is 11.8 Å². The van der Waals surface area contributed by atoms with Crippen LogP contribution < -0.4 is 5.79 Å². The van der Waals surface area contributed by atoms with Crippen LogP contribution in [0, 0.1) is 11.8 Å². The SMILES string of the molecule is CCCCC(CCCC)Cc1c2sc3c[c]([Sn]([CH3])([CH3])[CH3])sc3c2c(CC(CCCC)CCCC)c2sc3c[c]([Sn]([CH3])([CH3])[CH3])sc3c12. The van der Waals surface area contributed by atoms with Gasteiger partial charge in [-0.1, -0.05) is 0 Å². The van der Waals surface area contributed by atoms with Crippen LogP contribution in [0.2, 0.25) is 29.6 Å². The standard InChI is InChI=1S/C34H44S4.6CH3.2Sn/c1-5-9-13-23(14-10-6-2)21-25-29-32(38-27-17-19-35-33(27)29)26(22-24(15-11-7-3)16-12-8-4)30-31(25)37-28-18-20-36-34(28)30;;;;;;;;/h17-18,23-24H,5-16,21-22H2,1-4H3;6*1H3;;. The van der Waals surface area contributed by atoms with Gasteiger partial charge in [-0.05, 0) is 0 Å². The number of hydrogen-bond donors (Lipinski definition) is 0. The van der Waals surface area contributed by atoms with Gasteiger partial charge in [0.05, 0.1) is 0 Å². The molecule has 0 saturated heterocycles. The quantitative estimate of drug-likeness (QED) is 0.0769. The molecule has 0 saturated carbocycles. The van der Waals surface area contributed by atoms with Crippen molar-refractivity contribution in [1.82, 2.24) is 0 Å². The Morgan fingerprint density at radius 1 is 0.478 bits per heavy atom. The van der Waals surface area contributed by atoms with E-state index in [2.05, 4.69) is 115 Å². The van der Waals surface area contributed by atoms with Crippen molar-refractivity contribution in [2.45, 2.75) is 147 Å². The van der Waals surface area contributed by atoms with Crippen LogP contribution in [0.1, 0.15) is 116 Å². The van der Waals surface area contributed by atoms with Gasteiger partial charge in [0, 0.05) is 0 Å². The first-order chi connectivity index (χ1) is 21.9. The second-order valence-corrected chi connectivity index (χ2v) is 51.4. The first-order valence-corrected chi connectivity index (χ1v) is 42.0. The van der Waals surface area contributed by atoms with E-state index in [1.807, 2.05) is 0 Å². The Bertz CT molecular complexity index is 1590. The molecular formula is C40H62S4Sn2. The zero-order chi connectivity index (χ0) is 33.2. The van der Waals surface area contributed by atoms with Crippen molar-refractivity contribution in [1.29, 1.82) is 0 Å². The predicted octanol–water partition coefficient (Wildman–Crippen LogP) is 14.7. The summed E-state index contributed by atoms with van der Waals surface area (Å²) in [5, 5.41) is 3.42. The zero-order valence-electron chi connectivity index (χ0n) is 30.8. The molecule has 0 aliphatic rings. The fraction of sp³-hybridized carbons (Fsp3) is 0.650. The van der Waals surface area contributed by atoms with E-state index in [0.29, 0.717) is 0 Å². The number of hydrogen-bond acceptors (Lipinski definition) is 4. The van der Waals surface area contributed by atoms with Crippen LogP contribution in [0.25, 0.3) is 39.0 Å². The number of rotatable bonds is 18. The molecule has 0 aliphatic carbocycles. The zero-order valence-corrected chi connectivity index (χ0v) is 39.8. The molecule has 0 unspecified atom stereocenters. The summed E-state index contributed by atoms with van der Waals surface area (Å²) in [5.41, 5.74) is 3.50. The number of fused-ring (bicyclic) bond motifs is 6. The Balaban J connectivity index is 1.84. The topological polar surface area (TPSA) is 0 Å². The molecule has 0 fully saturated rings. The summed E-state index contributed by atoms with van der Waals surface area (Å²) in [5.74, 6) is 1.60. The molecule has 254 valence electrons. The average molecular weight is 909 g/mol. The van der Waals surface area contributed by atoms with E-state index in [1.165, 1.54) is 89.9 Å². The Hall–Kier alpha value is 0.657. The molecule has 0 bridgehead atoms. The molecule has 0 aliphatic heterocycles. The summed E-state index contributed by atoms with van der Waals surface area (Å²) in [6.45, 7) is 9.53. The summed E-state index contributed by atoms with van der Waals surface area (Å²) >= 11 is 4.45. The molecular weight excluding hydrogens is 846 g/mol. The van der Waals surface area contributed by atoms with Crippen molar-refractivity contribution in [2.75, 3.05) is 0 Å². The third kappa shape index (κ3) is 8.40. The van der Waals surface area contributed by atoms with Gasteiger partial charge in [-0.2, -0.15) is 0 Å². The van der Waals surface area contributed by atoms with Crippen molar-refractivity contribution in [2.24, 2.45) is 11.8 Å².